The first-order valence-electron chi connectivity index (χ1n) is 6.17. The number of fused-ring (bicyclic) bond motifs is 1. The van der Waals surface area contributed by atoms with E-state index in [1.54, 1.807) is 13.2 Å². The van der Waals surface area contributed by atoms with Crippen molar-refractivity contribution in [2.75, 3.05) is 32.5 Å². The van der Waals surface area contributed by atoms with E-state index in [-0.39, 0.29) is 12.5 Å². The van der Waals surface area contributed by atoms with Crippen molar-refractivity contribution < 1.29 is 14.3 Å². The van der Waals surface area contributed by atoms with E-state index in [0.29, 0.717) is 33.9 Å². The van der Waals surface area contributed by atoms with Crippen molar-refractivity contribution in [2.24, 2.45) is 0 Å². The van der Waals surface area contributed by atoms with Gasteiger partial charge in [0.25, 0.3) is 5.91 Å². The van der Waals surface area contributed by atoms with Crippen LogP contribution in [0.25, 0.3) is 10.2 Å². The molecule has 0 spiro atoms. The highest BCUT2D eigenvalue weighted by molar-refractivity contribution is 7.21. The summed E-state index contributed by atoms with van der Waals surface area (Å²) in [5.41, 5.74) is 6.26. The third-order valence-electron chi connectivity index (χ3n) is 2.66. The zero-order chi connectivity index (χ0) is 15.2. The maximum Gasteiger partial charge on any atom is 0.264 e. The van der Waals surface area contributed by atoms with Gasteiger partial charge in [-0.3, -0.25) is 9.59 Å². The van der Waals surface area contributed by atoms with Gasteiger partial charge < -0.3 is 21.1 Å². The average Bonchev–Trinajstić information content (AvgIpc) is 2.83. The number of hydrogen-bond donors (Lipinski definition) is 3. The number of nitrogens with one attached hydrogen (secondary N) is 2. The fourth-order valence-corrected chi connectivity index (χ4v) is 2.59. The summed E-state index contributed by atoms with van der Waals surface area (Å²) >= 11 is 1.14. The minimum atomic E-state index is -0.405. The molecule has 0 saturated heterocycles. The third kappa shape index (κ3) is 3.64. The van der Waals surface area contributed by atoms with Gasteiger partial charge in [-0.2, -0.15) is 5.10 Å². The molecule has 0 unspecified atom stereocenters. The van der Waals surface area contributed by atoms with Crippen molar-refractivity contribution in [1.29, 1.82) is 0 Å². The molecular weight excluding hydrogens is 294 g/mol. The zero-order valence-corrected chi connectivity index (χ0v) is 12.2. The Morgan fingerprint density at radius 3 is 2.95 bits per heavy atom. The molecule has 0 aliphatic carbocycles. The van der Waals surface area contributed by atoms with Crippen LogP contribution in [-0.4, -0.2) is 48.8 Å². The van der Waals surface area contributed by atoms with Crippen LogP contribution < -0.4 is 16.4 Å². The number of carbonyl (C=O) groups excluding carboxylic acids is 2. The molecule has 2 amide bonds. The number of amides is 2. The van der Waals surface area contributed by atoms with Gasteiger partial charge in [-0.1, -0.05) is 0 Å². The maximum atomic E-state index is 12.0. The monoisotopic (exact) mass is 309 g/mol. The summed E-state index contributed by atoms with van der Waals surface area (Å²) in [7, 11) is 1.54. The fourth-order valence-electron chi connectivity index (χ4n) is 1.64. The molecule has 0 aromatic carbocycles. The number of thiophene rings is 1. The number of nitrogens with zero attached hydrogens (tertiary/aromatic N) is 2. The van der Waals surface area contributed by atoms with Crippen molar-refractivity contribution in [1.82, 2.24) is 20.8 Å². The van der Waals surface area contributed by atoms with E-state index in [4.69, 9.17) is 10.5 Å². The van der Waals surface area contributed by atoms with Crippen LogP contribution in [0.5, 0.6) is 0 Å². The molecule has 2 heterocycles. The first-order chi connectivity index (χ1) is 10.1. The Bertz CT molecular complexity index is 657. The fraction of sp³-hybridized carbons (Fsp3) is 0.333. The van der Waals surface area contributed by atoms with Crippen molar-refractivity contribution in [3.05, 3.63) is 17.1 Å². The van der Waals surface area contributed by atoms with E-state index in [0.717, 1.165) is 11.3 Å². The largest absolute Gasteiger partial charge is 0.397 e. The summed E-state index contributed by atoms with van der Waals surface area (Å²) in [4.78, 5) is 24.4. The van der Waals surface area contributed by atoms with Gasteiger partial charge in [0, 0.05) is 19.0 Å². The molecule has 0 saturated carbocycles. The van der Waals surface area contributed by atoms with Gasteiger partial charge in [-0.15, -0.1) is 16.4 Å². The van der Waals surface area contributed by atoms with Gasteiger partial charge in [0.1, 0.15) is 9.71 Å². The molecule has 0 radical (unpaired) electrons. The number of anilines is 1. The Morgan fingerprint density at radius 2 is 2.24 bits per heavy atom. The molecule has 0 bridgehead atoms. The number of carbonyl (C=O) groups is 2. The molecule has 2 aromatic heterocycles. The van der Waals surface area contributed by atoms with Crippen LogP contribution >= 0.6 is 11.3 Å². The highest BCUT2D eigenvalue weighted by Crippen LogP contribution is 2.31. The topological polar surface area (TPSA) is 119 Å². The van der Waals surface area contributed by atoms with E-state index in [2.05, 4.69) is 20.8 Å². The number of nitrogen functional groups attached to an aromatic ring is 1. The van der Waals surface area contributed by atoms with Crippen LogP contribution in [0.15, 0.2) is 12.3 Å². The normalized spacial score (nSPS) is 10.5. The van der Waals surface area contributed by atoms with Gasteiger partial charge in [0.2, 0.25) is 5.91 Å². The summed E-state index contributed by atoms with van der Waals surface area (Å²) in [5, 5.41) is 13.5. The third-order valence-corrected chi connectivity index (χ3v) is 3.77. The van der Waals surface area contributed by atoms with Crippen molar-refractivity contribution in [2.45, 2.75) is 0 Å². The van der Waals surface area contributed by atoms with Crippen LogP contribution in [0.2, 0.25) is 0 Å². The minimum Gasteiger partial charge on any atom is -0.397 e. The van der Waals surface area contributed by atoms with Gasteiger partial charge in [0.05, 0.1) is 25.0 Å². The maximum absolute atomic E-state index is 12.0. The van der Waals surface area contributed by atoms with Gasteiger partial charge >= 0.3 is 0 Å². The number of rotatable bonds is 6. The predicted molar refractivity (Wildman–Crippen MR) is 79.0 cm³/mol. The Labute approximate surface area is 124 Å². The van der Waals surface area contributed by atoms with Crippen LogP contribution in [-0.2, 0) is 9.53 Å². The SMILES string of the molecule is COCCNC(=O)CNC(=O)c1sc2nnccc2c1N. The summed E-state index contributed by atoms with van der Waals surface area (Å²) in [6.45, 7) is 0.690. The molecule has 0 fully saturated rings. The summed E-state index contributed by atoms with van der Waals surface area (Å²) < 4.78 is 4.81. The van der Waals surface area contributed by atoms with Crippen molar-refractivity contribution in [3.8, 4) is 0 Å². The molecule has 0 atom stereocenters. The van der Waals surface area contributed by atoms with E-state index >= 15 is 0 Å². The molecule has 8 nitrogen and oxygen atoms in total. The second-order valence-electron chi connectivity index (χ2n) is 4.12. The predicted octanol–water partition coefficient (Wildman–Crippen LogP) is -0.234. The lowest BCUT2D eigenvalue weighted by molar-refractivity contribution is -0.120. The lowest BCUT2D eigenvalue weighted by Gasteiger charge is -2.06. The molecular formula is C12H15N5O3S. The molecule has 0 aliphatic rings. The number of nitrogens with two attached hydrogens (primary N) is 1. The second-order valence-corrected chi connectivity index (χ2v) is 5.12. The Hall–Kier alpha value is -2.26. The molecule has 112 valence electrons. The molecule has 0 aliphatic heterocycles. The Kier molecular flexibility index (Phi) is 5.01. The summed E-state index contributed by atoms with van der Waals surface area (Å²) in [6.07, 6.45) is 1.51. The molecule has 2 rings (SSSR count). The first kappa shape index (κ1) is 15.1. The van der Waals surface area contributed by atoms with Crippen LogP contribution in [0.4, 0.5) is 5.69 Å². The number of methoxy groups -OCH3 is 1. The van der Waals surface area contributed by atoms with E-state index in [1.807, 2.05) is 0 Å². The van der Waals surface area contributed by atoms with Crippen LogP contribution in [0.3, 0.4) is 0 Å². The lowest BCUT2D eigenvalue weighted by atomic mass is 10.3. The van der Waals surface area contributed by atoms with Crippen molar-refractivity contribution in [3.63, 3.8) is 0 Å². The summed E-state index contributed by atoms with van der Waals surface area (Å²) in [5.74, 6) is -0.697. The molecule has 2 aromatic rings. The lowest BCUT2D eigenvalue weighted by Crippen LogP contribution is -2.38. The van der Waals surface area contributed by atoms with Gasteiger partial charge in [0.15, 0.2) is 0 Å². The van der Waals surface area contributed by atoms with E-state index in [9.17, 15) is 9.59 Å². The highest BCUT2D eigenvalue weighted by Gasteiger charge is 2.17. The van der Waals surface area contributed by atoms with Gasteiger partial charge in [-0.25, -0.2) is 0 Å². The highest BCUT2D eigenvalue weighted by atomic mass is 32.1. The molecule has 4 N–H and O–H groups in total. The summed E-state index contributed by atoms with van der Waals surface area (Å²) in [6, 6.07) is 1.70. The average molecular weight is 309 g/mol. The van der Waals surface area contributed by atoms with E-state index in [1.165, 1.54) is 6.20 Å². The van der Waals surface area contributed by atoms with Crippen molar-refractivity contribution >= 4 is 39.1 Å². The Balaban J connectivity index is 1.96. The first-order valence-corrected chi connectivity index (χ1v) is 6.98. The van der Waals surface area contributed by atoms with Gasteiger partial charge in [-0.05, 0) is 6.07 Å². The van der Waals surface area contributed by atoms with Crippen LogP contribution in [0.1, 0.15) is 9.67 Å². The standard InChI is InChI=1S/C12H15N5O3S/c1-20-5-4-14-8(18)6-15-11(19)10-9(13)7-2-3-16-17-12(7)21-10/h2-3H,4-6,13H2,1H3,(H,14,18)(H,15,19). The van der Waals surface area contributed by atoms with E-state index < -0.39 is 5.91 Å². The van der Waals surface area contributed by atoms with Crippen LogP contribution in [0, 0.1) is 0 Å². The zero-order valence-electron chi connectivity index (χ0n) is 11.4. The minimum absolute atomic E-state index is 0.123. The quantitative estimate of drug-likeness (QED) is 0.634. The molecule has 9 heteroatoms. The Morgan fingerprint density at radius 1 is 1.43 bits per heavy atom. The second kappa shape index (κ2) is 6.95. The number of hydrogen-bond acceptors (Lipinski definition) is 7. The number of ether oxygens (including phenoxy) is 1. The smallest absolute Gasteiger partial charge is 0.264 e. The molecule has 21 heavy (non-hydrogen) atoms. The number of aromatic nitrogens is 2.